The highest BCUT2D eigenvalue weighted by atomic mass is 16.4. The van der Waals surface area contributed by atoms with Crippen molar-refractivity contribution < 1.29 is 19.8 Å². The Hall–Kier alpha value is -1.10. The first-order chi connectivity index (χ1) is 7.84. The summed E-state index contributed by atoms with van der Waals surface area (Å²) >= 11 is 0. The number of carboxylic acids is 1. The van der Waals surface area contributed by atoms with E-state index >= 15 is 0 Å². The number of hydrogen-bond acceptors (Lipinski definition) is 3. The predicted molar refractivity (Wildman–Crippen MR) is 60.2 cm³/mol. The summed E-state index contributed by atoms with van der Waals surface area (Å²) < 4.78 is 0. The quantitative estimate of drug-likeness (QED) is 0.643. The van der Waals surface area contributed by atoms with Gasteiger partial charge in [0.25, 0.3) is 0 Å². The number of hydrogen-bond donors (Lipinski definition) is 3. The summed E-state index contributed by atoms with van der Waals surface area (Å²) in [4.78, 5) is 22.8. The summed E-state index contributed by atoms with van der Waals surface area (Å²) in [5, 5.41) is 20.9. The van der Waals surface area contributed by atoms with Gasteiger partial charge in [0, 0.05) is 12.0 Å². The highest BCUT2D eigenvalue weighted by Crippen LogP contribution is 2.58. The van der Waals surface area contributed by atoms with Crippen LogP contribution in [-0.2, 0) is 9.59 Å². The highest BCUT2D eigenvalue weighted by molar-refractivity contribution is 5.91. The molecule has 0 heterocycles. The Balaban J connectivity index is 1.88. The maximum Gasteiger partial charge on any atom is 0.307 e. The van der Waals surface area contributed by atoms with Crippen molar-refractivity contribution in [1.29, 1.82) is 0 Å². The molecule has 0 aromatic heterocycles. The SMILES string of the molecule is CC1(C)[C@H](C(=O)O)[C@@H]1C(=O)NCC1(CO)CC1. The summed E-state index contributed by atoms with van der Waals surface area (Å²) in [6, 6.07) is 0. The van der Waals surface area contributed by atoms with E-state index in [1.807, 2.05) is 0 Å². The lowest BCUT2D eigenvalue weighted by molar-refractivity contribution is -0.140. The molecule has 0 bridgehead atoms. The van der Waals surface area contributed by atoms with Gasteiger partial charge in [-0.15, -0.1) is 0 Å². The number of aliphatic carboxylic acids is 1. The molecule has 1 amide bonds. The minimum Gasteiger partial charge on any atom is -0.481 e. The molecular weight excluding hydrogens is 222 g/mol. The van der Waals surface area contributed by atoms with Crippen LogP contribution in [0.4, 0.5) is 0 Å². The average molecular weight is 241 g/mol. The molecule has 17 heavy (non-hydrogen) atoms. The van der Waals surface area contributed by atoms with Crippen molar-refractivity contribution in [2.75, 3.05) is 13.2 Å². The molecule has 3 N–H and O–H groups in total. The number of aliphatic hydroxyl groups is 1. The zero-order valence-electron chi connectivity index (χ0n) is 10.2. The molecule has 0 unspecified atom stereocenters. The zero-order valence-corrected chi connectivity index (χ0v) is 10.2. The van der Waals surface area contributed by atoms with Crippen LogP contribution in [0.5, 0.6) is 0 Å². The van der Waals surface area contributed by atoms with Crippen LogP contribution in [0.25, 0.3) is 0 Å². The Labute approximate surface area is 100 Å². The van der Waals surface area contributed by atoms with Crippen molar-refractivity contribution >= 4 is 11.9 Å². The van der Waals surface area contributed by atoms with E-state index in [1.54, 1.807) is 13.8 Å². The number of aliphatic hydroxyl groups excluding tert-OH is 1. The normalized spacial score (nSPS) is 31.7. The Bertz CT molecular complexity index is 360. The maximum absolute atomic E-state index is 11.9. The number of rotatable bonds is 5. The summed E-state index contributed by atoms with van der Waals surface area (Å²) in [6.45, 7) is 4.15. The van der Waals surface area contributed by atoms with Crippen molar-refractivity contribution in [3.05, 3.63) is 0 Å². The van der Waals surface area contributed by atoms with Crippen LogP contribution in [0.2, 0.25) is 0 Å². The molecule has 2 rings (SSSR count). The second-order valence-corrected chi connectivity index (χ2v) is 5.99. The van der Waals surface area contributed by atoms with Crippen LogP contribution in [0.3, 0.4) is 0 Å². The van der Waals surface area contributed by atoms with Gasteiger partial charge in [-0.1, -0.05) is 13.8 Å². The molecule has 2 aliphatic carbocycles. The van der Waals surface area contributed by atoms with Gasteiger partial charge in [-0.3, -0.25) is 9.59 Å². The molecular formula is C12H19NO4. The van der Waals surface area contributed by atoms with Crippen molar-refractivity contribution in [3.8, 4) is 0 Å². The van der Waals surface area contributed by atoms with Gasteiger partial charge in [-0.2, -0.15) is 0 Å². The van der Waals surface area contributed by atoms with Crippen molar-refractivity contribution in [3.63, 3.8) is 0 Å². The third-order valence-electron chi connectivity index (χ3n) is 4.31. The molecule has 2 aliphatic rings. The molecule has 2 fully saturated rings. The van der Waals surface area contributed by atoms with Crippen LogP contribution >= 0.6 is 0 Å². The zero-order chi connectivity index (χ0) is 12.8. The monoisotopic (exact) mass is 241 g/mol. The maximum atomic E-state index is 11.9. The van der Waals surface area contributed by atoms with E-state index in [-0.39, 0.29) is 17.9 Å². The van der Waals surface area contributed by atoms with Crippen LogP contribution in [-0.4, -0.2) is 35.2 Å². The van der Waals surface area contributed by atoms with Crippen molar-refractivity contribution in [2.45, 2.75) is 26.7 Å². The number of carbonyl (C=O) groups is 2. The van der Waals surface area contributed by atoms with Crippen LogP contribution in [0.1, 0.15) is 26.7 Å². The van der Waals surface area contributed by atoms with Crippen LogP contribution < -0.4 is 5.32 Å². The van der Waals surface area contributed by atoms with Gasteiger partial charge in [0.05, 0.1) is 18.4 Å². The fraction of sp³-hybridized carbons (Fsp3) is 0.833. The lowest BCUT2D eigenvalue weighted by Gasteiger charge is -2.13. The van der Waals surface area contributed by atoms with E-state index in [0.717, 1.165) is 12.8 Å². The largest absolute Gasteiger partial charge is 0.481 e. The molecule has 5 heteroatoms. The molecule has 96 valence electrons. The summed E-state index contributed by atoms with van der Waals surface area (Å²) in [7, 11) is 0. The average Bonchev–Trinajstić information content (AvgIpc) is 3.11. The van der Waals surface area contributed by atoms with E-state index in [9.17, 15) is 9.59 Å². The Morgan fingerprint density at radius 2 is 1.88 bits per heavy atom. The van der Waals surface area contributed by atoms with Gasteiger partial charge in [-0.25, -0.2) is 0 Å². The minimum atomic E-state index is -0.904. The standard InChI is InChI=1S/C12H19NO4/c1-11(2)7(8(11)10(16)17)9(15)13-5-12(6-14)3-4-12/h7-8,14H,3-6H2,1-2H3,(H,13,15)(H,16,17)/t7-,8+/m1/s1. The lowest BCUT2D eigenvalue weighted by Crippen LogP contribution is -2.34. The molecule has 2 atom stereocenters. The highest BCUT2D eigenvalue weighted by Gasteiger charge is 2.66. The Kier molecular flexibility index (Phi) is 2.69. The molecule has 2 saturated carbocycles. The third kappa shape index (κ3) is 2.04. The molecule has 5 nitrogen and oxygen atoms in total. The third-order valence-corrected chi connectivity index (χ3v) is 4.31. The summed E-state index contributed by atoms with van der Waals surface area (Å²) in [6.07, 6.45) is 1.86. The predicted octanol–water partition coefficient (Wildman–Crippen LogP) is 0.232. The van der Waals surface area contributed by atoms with Crippen LogP contribution in [0.15, 0.2) is 0 Å². The van der Waals surface area contributed by atoms with Gasteiger partial charge in [0.15, 0.2) is 0 Å². The lowest BCUT2D eigenvalue weighted by atomic mass is 10.1. The van der Waals surface area contributed by atoms with Gasteiger partial charge in [-0.05, 0) is 18.3 Å². The first-order valence-electron chi connectivity index (χ1n) is 5.95. The van der Waals surface area contributed by atoms with E-state index in [4.69, 9.17) is 10.2 Å². The fourth-order valence-electron chi connectivity index (χ4n) is 2.54. The van der Waals surface area contributed by atoms with E-state index in [0.29, 0.717) is 6.54 Å². The smallest absolute Gasteiger partial charge is 0.307 e. The molecule has 0 aromatic carbocycles. The number of carboxylic acid groups (broad SMARTS) is 1. The Morgan fingerprint density at radius 3 is 2.24 bits per heavy atom. The van der Waals surface area contributed by atoms with Crippen LogP contribution in [0, 0.1) is 22.7 Å². The summed E-state index contributed by atoms with van der Waals surface area (Å²) in [5.74, 6) is -2.11. The number of nitrogens with one attached hydrogen (secondary N) is 1. The van der Waals surface area contributed by atoms with E-state index in [1.165, 1.54) is 0 Å². The molecule has 0 aromatic rings. The van der Waals surface area contributed by atoms with E-state index in [2.05, 4.69) is 5.32 Å². The first-order valence-corrected chi connectivity index (χ1v) is 5.95. The minimum absolute atomic E-state index is 0.0870. The van der Waals surface area contributed by atoms with Gasteiger partial charge < -0.3 is 15.5 Å². The molecule has 0 saturated heterocycles. The second kappa shape index (κ2) is 3.70. The molecule has 0 spiro atoms. The van der Waals surface area contributed by atoms with Crippen molar-refractivity contribution in [2.24, 2.45) is 22.7 Å². The van der Waals surface area contributed by atoms with Gasteiger partial charge in [0.1, 0.15) is 0 Å². The molecule has 0 radical (unpaired) electrons. The second-order valence-electron chi connectivity index (χ2n) is 5.99. The topological polar surface area (TPSA) is 86.6 Å². The molecule has 0 aliphatic heterocycles. The van der Waals surface area contributed by atoms with Gasteiger partial charge in [0.2, 0.25) is 5.91 Å². The van der Waals surface area contributed by atoms with Gasteiger partial charge >= 0.3 is 5.97 Å². The fourth-order valence-corrected chi connectivity index (χ4v) is 2.54. The van der Waals surface area contributed by atoms with Crippen molar-refractivity contribution in [1.82, 2.24) is 5.32 Å². The number of amides is 1. The first kappa shape index (κ1) is 12.4. The Morgan fingerprint density at radius 1 is 1.29 bits per heavy atom. The van der Waals surface area contributed by atoms with E-state index < -0.39 is 23.2 Å². The number of carbonyl (C=O) groups excluding carboxylic acids is 1. The summed E-state index contributed by atoms with van der Waals surface area (Å²) in [5.41, 5.74) is -0.584.